The Morgan fingerprint density at radius 2 is 1.58 bits per heavy atom. The van der Waals surface area contributed by atoms with Crippen LogP contribution in [-0.4, -0.2) is 62.2 Å². The van der Waals surface area contributed by atoms with Crippen LogP contribution in [0.15, 0.2) is 72.8 Å². The summed E-state index contributed by atoms with van der Waals surface area (Å²) in [7, 11) is -1.26. The van der Waals surface area contributed by atoms with Crippen molar-refractivity contribution in [3.63, 3.8) is 0 Å². The topological polar surface area (TPSA) is 90.0 Å². The Labute approximate surface area is 254 Å². The van der Waals surface area contributed by atoms with Crippen molar-refractivity contribution in [1.82, 2.24) is 14.5 Å². The number of anilines is 1. The summed E-state index contributed by atoms with van der Waals surface area (Å²) in [4.78, 5) is 29.8. The molecule has 1 unspecified atom stereocenters. The minimum absolute atomic E-state index is 0.00263. The predicted octanol–water partition coefficient (Wildman–Crippen LogP) is 4.75. The molecule has 1 N–H and O–H groups in total. The van der Waals surface area contributed by atoms with Gasteiger partial charge in [0.15, 0.2) is 0 Å². The molecule has 2 amide bonds. The standard InChI is InChI=1S/C33H41FN4O4S/c1-24-14-15-25(2)30(20-24)38(43(41,42)36(3)4)23-32(39)37(22-27-16-18-28(34)19-17-27)31(21-26-10-6-5-7-11-26)33(40)35-29-12-8-9-13-29/h5-7,10-11,14-20,29,31H,8-9,12-13,21-23H2,1-4H3,(H,35,40). The summed E-state index contributed by atoms with van der Waals surface area (Å²) in [6.07, 6.45) is 4.03. The maximum Gasteiger partial charge on any atom is 0.304 e. The first-order chi connectivity index (χ1) is 20.5. The van der Waals surface area contributed by atoms with Crippen molar-refractivity contribution >= 4 is 27.7 Å². The highest BCUT2D eigenvalue weighted by molar-refractivity contribution is 7.90. The fourth-order valence-corrected chi connectivity index (χ4v) is 6.51. The number of benzene rings is 3. The van der Waals surface area contributed by atoms with E-state index < -0.39 is 34.5 Å². The number of rotatable bonds is 12. The predicted molar refractivity (Wildman–Crippen MR) is 167 cm³/mol. The fraction of sp³-hybridized carbons (Fsp3) is 0.394. The molecule has 3 aromatic carbocycles. The van der Waals surface area contributed by atoms with Crippen LogP contribution in [0, 0.1) is 19.7 Å². The summed E-state index contributed by atoms with van der Waals surface area (Å²) in [5, 5.41) is 3.15. The molecule has 1 atom stereocenters. The summed E-state index contributed by atoms with van der Waals surface area (Å²) >= 11 is 0. The van der Waals surface area contributed by atoms with Crippen molar-refractivity contribution in [1.29, 1.82) is 0 Å². The van der Waals surface area contributed by atoms with Crippen molar-refractivity contribution in [2.75, 3.05) is 24.9 Å². The summed E-state index contributed by atoms with van der Waals surface area (Å²) < 4.78 is 43.2. The molecule has 1 saturated carbocycles. The second-order valence-electron chi connectivity index (χ2n) is 11.4. The zero-order chi connectivity index (χ0) is 31.1. The van der Waals surface area contributed by atoms with Gasteiger partial charge in [0, 0.05) is 33.1 Å². The molecule has 3 aromatic rings. The molecule has 0 radical (unpaired) electrons. The number of halogens is 1. The molecule has 8 nitrogen and oxygen atoms in total. The molecule has 230 valence electrons. The lowest BCUT2D eigenvalue weighted by molar-refractivity contribution is -0.140. The van der Waals surface area contributed by atoms with E-state index in [0.717, 1.165) is 45.4 Å². The second kappa shape index (κ2) is 14.1. The average Bonchev–Trinajstić information content (AvgIpc) is 3.49. The van der Waals surface area contributed by atoms with Gasteiger partial charge in [-0.25, -0.2) is 8.70 Å². The van der Waals surface area contributed by atoms with Crippen molar-refractivity contribution in [2.45, 2.75) is 64.6 Å². The van der Waals surface area contributed by atoms with Crippen LogP contribution in [0.4, 0.5) is 10.1 Å². The van der Waals surface area contributed by atoms with Crippen LogP contribution in [0.2, 0.25) is 0 Å². The Kier molecular flexibility index (Phi) is 10.6. The van der Waals surface area contributed by atoms with Crippen LogP contribution in [0.1, 0.15) is 47.9 Å². The first kappa shape index (κ1) is 32.2. The van der Waals surface area contributed by atoms with Gasteiger partial charge in [-0.2, -0.15) is 12.7 Å². The smallest absolute Gasteiger partial charge is 0.304 e. The van der Waals surface area contributed by atoms with Gasteiger partial charge in [-0.05, 0) is 67.1 Å². The Bertz CT molecular complexity index is 1510. The number of amides is 2. The average molecular weight is 609 g/mol. The highest BCUT2D eigenvalue weighted by Crippen LogP contribution is 2.27. The zero-order valence-corrected chi connectivity index (χ0v) is 26.1. The molecule has 10 heteroatoms. The van der Waals surface area contributed by atoms with Gasteiger partial charge in [0.05, 0.1) is 5.69 Å². The molecule has 0 heterocycles. The largest absolute Gasteiger partial charge is 0.352 e. The number of nitrogens with zero attached hydrogens (tertiary/aromatic N) is 3. The maximum atomic E-state index is 14.4. The van der Waals surface area contributed by atoms with Gasteiger partial charge in [-0.3, -0.25) is 9.59 Å². The molecule has 1 aliphatic rings. The molecule has 1 fully saturated rings. The first-order valence-corrected chi connectivity index (χ1v) is 16.0. The molecular weight excluding hydrogens is 567 g/mol. The van der Waals surface area contributed by atoms with E-state index >= 15 is 0 Å². The molecule has 0 saturated heterocycles. The fourth-order valence-electron chi connectivity index (χ4n) is 5.40. The van der Waals surface area contributed by atoms with Gasteiger partial charge in [-0.1, -0.05) is 67.4 Å². The summed E-state index contributed by atoms with van der Waals surface area (Å²) in [5.41, 5.74) is 3.40. The van der Waals surface area contributed by atoms with Crippen LogP contribution in [-0.2, 0) is 32.8 Å². The number of carbonyl (C=O) groups is 2. The Morgan fingerprint density at radius 3 is 2.21 bits per heavy atom. The number of nitrogens with one attached hydrogen (secondary N) is 1. The van der Waals surface area contributed by atoms with Crippen molar-refractivity contribution in [3.8, 4) is 0 Å². The van der Waals surface area contributed by atoms with Crippen LogP contribution in [0.3, 0.4) is 0 Å². The molecule has 0 spiro atoms. The van der Waals surface area contributed by atoms with Gasteiger partial charge in [0.2, 0.25) is 11.8 Å². The zero-order valence-electron chi connectivity index (χ0n) is 25.3. The van der Waals surface area contributed by atoms with E-state index in [1.807, 2.05) is 49.4 Å². The lowest BCUT2D eigenvalue weighted by Gasteiger charge is -2.35. The SMILES string of the molecule is Cc1ccc(C)c(N(CC(=O)N(Cc2ccc(F)cc2)C(Cc2ccccc2)C(=O)NC2CCCC2)S(=O)(=O)N(C)C)c1. The summed E-state index contributed by atoms with van der Waals surface area (Å²) in [6, 6.07) is 19.7. The minimum Gasteiger partial charge on any atom is -0.352 e. The van der Waals surface area contributed by atoms with E-state index in [2.05, 4.69) is 5.32 Å². The van der Waals surface area contributed by atoms with Crippen molar-refractivity contribution in [3.05, 3.63) is 101 Å². The van der Waals surface area contributed by atoms with Gasteiger partial charge in [0.1, 0.15) is 18.4 Å². The van der Waals surface area contributed by atoms with Crippen molar-refractivity contribution in [2.24, 2.45) is 0 Å². The maximum absolute atomic E-state index is 14.4. The van der Waals surface area contributed by atoms with Crippen LogP contribution < -0.4 is 9.62 Å². The van der Waals surface area contributed by atoms with Crippen LogP contribution >= 0.6 is 0 Å². The molecule has 4 rings (SSSR count). The molecule has 0 bridgehead atoms. The molecule has 1 aliphatic carbocycles. The van der Waals surface area contributed by atoms with Crippen molar-refractivity contribution < 1.29 is 22.4 Å². The van der Waals surface area contributed by atoms with E-state index in [-0.39, 0.29) is 24.9 Å². The number of aryl methyl sites for hydroxylation is 2. The summed E-state index contributed by atoms with van der Waals surface area (Å²) in [6.45, 7) is 3.13. The third-order valence-electron chi connectivity index (χ3n) is 7.89. The van der Waals surface area contributed by atoms with Crippen LogP contribution in [0.5, 0.6) is 0 Å². The first-order valence-electron chi connectivity index (χ1n) is 14.6. The number of carbonyl (C=O) groups excluding carboxylic acids is 2. The Morgan fingerprint density at radius 1 is 0.930 bits per heavy atom. The lowest BCUT2D eigenvalue weighted by atomic mass is 10.0. The normalized spacial score (nSPS) is 14.5. The van der Waals surface area contributed by atoms with E-state index in [1.165, 1.54) is 31.1 Å². The molecule has 0 aromatic heterocycles. The monoisotopic (exact) mass is 608 g/mol. The Balaban J connectivity index is 1.77. The molecular formula is C33H41FN4O4S. The summed E-state index contributed by atoms with van der Waals surface area (Å²) in [5.74, 6) is -1.25. The van der Waals surface area contributed by atoms with E-state index in [4.69, 9.17) is 0 Å². The van der Waals surface area contributed by atoms with Gasteiger partial charge in [-0.15, -0.1) is 0 Å². The van der Waals surface area contributed by atoms with Crippen LogP contribution in [0.25, 0.3) is 0 Å². The van der Waals surface area contributed by atoms with E-state index in [1.54, 1.807) is 25.1 Å². The lowest BCUT2D eigenvalue weighted by Crippen LogP contribution is -2.55. The minimum atomic E-state index is -4.09. The number of hydrogen-bond acceptors (Lipinski definition) is 4. The highest BCUT2D eigenvalue weighted by Gasteiger charge is 2.36. The van der Waals surface area contributed by atoms with E-state index in [0.29, 0.717) is 16.8 Å². The second-order valence-corrected chi connectivity index (χ2v) is 13.5. The van der Waals surface area contributed by atoms with Gasteiger partial charge in [0.25, 0.3) is 0 Å². The quantitative estimate of drug-likeness (QED) is 0.321. The molecule has 43 heavy (non-hydrogen) atoms. The third-order valence-corrected chi connectivity index (χ3v) is 9.70. The van der Waals surface area contributed by atoms with Gasteiger partial charge < -0.3 is 10.2 Å². The van der Waals surface area contributed by atoms with E-state index in [9.17, 15) is 22.4 Å². The number of hydrogen-bond donors (Lipinski definition) is 1. The third kappa shape index (κ3) is 8.20. The highest BCUT2D eigenvalue weighted by atomic mass is 32.2. The Hall–Kier alpha value is -3.76. The molecule has 0 aliphatic heterocycles. The van der Waals surface area contributed by atoms with Gasteiger partial charge >= 0.3 is 10.2 Å².